The van der Waals surface area contributed by atoms with E-state index in [9.17, 15) is 19.5 Å². The smallest absolute Gasteiger partial charge is 0.362 e. The minimum atomic E-state index is -0.882. The van der Waals surface area contributed by atoms with Crippen molar-refractivity contribution in [1.29, 1.82) is 0 Å². The first-order valence-electron chi connectivity index (χ1n) is 20.5. The van der Waals surface area contributed by atoms with Crippen LogP contribution in [0.25, 0.3) is 0 Å². The Morgan fingerprint density at radius 3 is 1.61 bits per heavy atom. The number of ether oxygens (including phenoxy) is 3. The van der Waals surface area contributed by atoms with Crippen molar-refractivity contribution in [1.82, 2.24) is 0 Å². The van der Waals surface area contributed by atoms with E-state index in [0.29, 0.717) is 25.7 Å². The van der Waals surface area contributed by atoms with E-state index in [1.165, 1.54) is 77.0 Å². The van der Waals surface area contributed by atoms with E-state index < -0.39 is 18.1 Å². The fraction of sp³-hybridized carbons (Fsp3) is 0.791. The highest BCUT2D eigenvalue weighted by molar-refractivity contribution is 5.72. The fourth-order valence-electron chi connectivity index (χ4n) is 5.79. The molecule has 51 heavy (non-hydrogen) atoms. The van der Waals surface area contributed by atoms with Gasteiger partial charge in [-0.05, 0) is 57.8 Å². The summed E-state index contributed by atoms with van der Waals surface area (Å²) < 4.78 is 17.1. The van der Waals surface area contributed by atoms with E-state index in [0.717, 1.165) is 51.4 Å². The lowest BCUT2D eigenvalue weighted by molar-refractivity contribution is -0.887. The molecule has 0 aliphatic carbocycles. The maximum Gasteiger partial charge on any atom is 0.362 e. The maximum atomic E-state index is 12.7. The number of hydrogen-bond acceptors (Lipinski definition) is 6. The molecule has 0 saturated carbocycles. The molecule has 0 saturated heterocycles. The van der Waals surface area contributed by atoms with Crippen LogP contribution in [0.5, 0.6) is 0 Å². The third-order valence-corrected chi connectivity index (χ3v) is 9.04. The highest BCUT2D eigenvalue weighted by Gasteiger charge is 2.31. The van der Waals surface area contributed by atoms with Crippen LogP contribution < -0.4 is 0 Å². The monoisotopic (exact) mass is 721 g/mol. The van der Waals surface area contributed by atoms with E-state index in [1.54, 1.807) is 0 Å². The van der Waals surface area contributed by atoms with Crippen LogP contribution in [-0.2, 0) is 28.6 Å². The molecule has 2 unspecified atom stereocenters. The van der Waals surface area contributed by atoms with Gasteiger partial charge in [0.2, 0.25) is 0 Å². The predicted octanol–water partition coefficient (Wildman–Crippen LogP) is 10.7. The Balaban J connectivity index is 4.40. The minimum absolute atomic E-state index is 0.0467. The second-order valence-corrected chi connectivity index (χ2v) is 14.9. The number of carbonyl (C=O) groups is 3. The van der Waals surface area contributed by atoms with Gasteiger partial charge in [-0.1, -0.05) is 127 Å². The summed E-state index contributed by atoms with van der Waals surface area (Å²) >= 11 is 0. The molecule has 2 atom stereocenters. The van der Waals surface area contributed by atoms with Crippen molar-refractivity contribution in [3.63, 3.8) is 0 Å². The van der Waals surface area contributed by atoms with Crippen molar-refractivity contribution < 1.29 is 38.2 Å². The van der Waals surface area contributed by atoms with Crippen LogP contribution in [0.4, 0.5) is 0 Å². The van der Waals surface area contributed by atoms with Crippen LogP contribution >= 0.6 is 0 Å². The molecule has 0 rings (SSSR count). The zero-order chi connectivity index (χ0) is 37.8. The van der Waals surface area contributed by atoms with Crippen LogP contribution in [0.15, 0.2) is 36.5 Å². The normalized spacial score (nSPS) is 13.4. The third kappa shape index (κ3) is 33.2. The molecule has 0 heterocycles. The third-order valence-electron chi connectivity index (χ3n) is 9.04. The molecule has 296 valence electrons. The van der Waals surface area contributed by atoms with Gasteiger partial charge in [-0.15, -0.1) is 0 Å². The average Bonchev–Trinajstić information content (AvgIpc) is 3.08. The van der Waals surface area contributed by atoms with E-state index in [-0.39, 0.29) is 36.2 Å². The maximum absolute atomic E-state index is 12.7. The van der Waals surface area contributed by atoms with Crippen LogP contribution in [-0.4, -0.2) is 80.6 Å². The molecule has 8 heteroatoms. The summed E-state index contributed by atoms with van der Waals surface area (Å²) in [6, 6.07) is -0.619. The second kappa shape index (κ2) is 34.6. The molecule has 0 fully saturated rings. The Kier molecular flexibility index (Phi) is 33.0. The lowest BCUT2D eigenvalue weighted by Gasteiger charge is -2.31. The van der Waals surface area contributed by atoms with E-state index >= 15 is 0 Å². The zero-order valence-electron chi connectivity index (χ0n) is 33.6. The predicted molar refractivity (Wildman–Crippen MR) is 211 cm³/mol. The first-order valence-corrected chi connectivity index (χ1v) is 20.5. The van der Waals surface area contributed by atoms with Crippen molar-refractivity contribution in [2.45, 2.75) is 180 Å². The number of rotatable bonds is 36. The van der Waals surface area contributed by atoms with Gasteiger partial charge in [0.05, 0.1) is 34.4 Å². The molecular formula is C43H78NO7+. The van der Waals surface area contributed by atoms with Crippen molar-refractivity contribution in [3.8, 4) is 0 Å². The highest BCUT2D eigenvalue weighted by Crippen LogP contribution is 2.13. The second-order valence-electron chi connectivity index (χ2n) is 14.9. The van der Waals surface area contributed by atoms with Crippen molar-refractivity contribution in [2.24, 2.45) is 0 Å². The van der Waals surface area contributed by atoms with E-state index in [2.05, 4.69) is 50.3 Å². The summed E-state index contributed by atoms with van der Waals surface area (Å²) in [5.41, 5.74) is 0. The van der Waals surface area contributed by atoms with Gasteiger partial charge >= 0.3 is 17.9 Å². The van der Waals surface area contributed by atoms with Gasteiger partial charge in [0, 0.05) is 19.3 Å². The lowest BCUT2D eigenvalue weighted by Crippen LogP contribution is -2.50. The Bertz CT molecular complexity index is 937. The standard InChI is InChI=1S/C43H77NO7/c1-6-8-10-12-14-16-17-18-19-20-21-22-23-24-26-28-30-32-34-42(46)51-39(37-49-36-35-40(43(47)48)44(3,4)5)38-50-41(45)33-31-29-27-25-15-13-11-9-7-2/h19-22,25,27,39-40H,6-18,23-24,26,28-38H2,1-5H3/p+1/b20-19+,22-21+,27-25+. The molecule has 0 aromatic rings. The number of carboxylic acids is 1. The van der Waals surface area contributed by atoms with E-state index in [1.807, 2.05) is 21.1 Å². The van der Waals surface area contributed by atoms with Crippen LogP contribution in [0.3, 0.4) is 0 Å². The molecule has 1 N–H and O–H groups in total. The van der Waals surface area contributed by atoms with E-state index in [4.69, 9.17) is 14.2 Å². The number of aliphatic carboxylic acids is 1. The number of allylic oxidation sites excluding steroid dienone is 6. The Hall–Kier alpha value is -2.45. The van der Waals surface area contributed by atoms with Gasteiger partial charge in [0.25, 0.3) is 0 Å². The number of carbonyl (C=O) groups excluding carboxylic acids is 2. The quantitative estimate of drug-likeness (QED) is 0.0226. The summed E-state index contributed by atoms with van der Waals surface area (Å²) in [6.45, 7) is 4.64. The molecule has 0 aromatic heterocycles. The summed E-state index contributed by atoms with van der Waals surface area (Å²) in [5, 5.41) is 9.58. The number of carboxylic acid groups (broad SMARTS) is 1. The average molecular weight is 721 g/mol. The number of quaternary nitrogens is 1. The molecular weight excluding hydrogens is 642 g/mol. The van der Waals surface area contributed by atoms with Gasteiger partial charge in [0.1, 0.15) is 6.61 Å². The number of hydrogen-bond donors (Lipinski definition) is 1. The van der Waals surface area contributed by atoms with Crippen LogP contribution in [0.2, 0.25) is 0 Å². The Morgan fingerprint density at radius 1 is 0.588 bits per heavy atom. The summed E-state index contributed by atoms with van der Waals surface area (Å²) in [4.78, 5) is 36.8. The topological polar surface area (TPSA) is 99.1 Å². The highest BCUT2D eigenvalue weighted by atomic mass is 16.6. The van der Waals surface area contributed by atoms with Crippen molar-refractivity contribution >= 4 is 17.9 Å². The van der Waals surface area contributed by atoms with Gasteiger partial charge in [-0.3, -0.25) is 9.59 Å². The number of unbranched alkanes of at least 4 members (excludes halogenated alkanes) is 17. The Morgan fingerprint density at radius 2 is 1.06 bits per heavy atom. The van der Waals surface area contributed by atoms with Crippen LogP contribution in [0, 0.1) is 0 Å². The SMILES string of the molecule is CCCCCC/C=C/CCCC(=O)OCC(COCCC(C(=O)O)[N+](C)(C)C)OC(=O)CCCCCCC/C=C/C=C/CCCCCCCCC. The fourth-order valence-corrected chi connectivity index (χ4v) is 5.79. The first-order chi connectivity index (χ1) is 24.6. The first kappa shape index (κ1) is 48.5. The number of nitrogens with zero attached hydrogens (tertiary/aromatic N) is 1. The molecule has 0 aliphatic heterocycles. The minimum Gasteiger partial charge on any atom is -0.477 e. The van der Waals surface area contributed by atoms with Gasteiger partial charge in [-0.2, -0.15) is 0 Å². The zero-order valence-corrected chi connectivity index (χ0v) is 33.6. The summed E-state index contributed by atoms with van der Waals surface area (Å²) in [7, 11) is 5.50. The van der Waals surface area contributed by atoms with Crippen molar-refractivity contribution in [3.05, 3.63) is 36.5 Å². The van der Waals surface area contributed by atoms with Gasteiger partial charge in [-0.25, -0.2) is 4.79 Å². The van der Waals surface area contributed by atoms with Gasteiger partial charge in [0.15, 0.2) is 12.1 Å². The molecule has 0 aliphatic rings. The number of likely N-dealkylation sites (N-methyl/N-ethyl adjacent to an activating group) is 1. The molecule has 8 nitrogen and oxygen atoms in total. The van der Waals surface area contributed by atoms with Crippen molar-refractivity contribution in [2.75, 3.05) is 41.0 Å². The van der Waals surface area contributed by atoms with Crippen LogP contribution in [0.1, 0.15) is 168 Å². The summed E-state index contributed by atoms with van der Waals surface area (Å²) in [5.74, 6) is -1.53. The largest absolute Gasteiger partial charge is 0.477 e. The molecule has 0 spiro atoms. The lowest BCUT2D eigenvalue weighted by atomic mass is 10.1. The Labute approximate surface area is 313 Å². The van der Waals surface area contributed by atoms with Gasteiger partial charge < -0.3 is 23.8 Å². The summed E-state index contributed by atoms with van der Waals surface area (Å²) in [6.07, 6.45) is 37.7. The molecule has 0 aromatic carbocycles. The molecule has 0 amide bonds. The molecule has 0 radical (unpaired) electrons. The molecule has 0 bridgehead atoms. The number of esters is 2.